The monoisotopic (exact) mass is 360 g/mol. The minimum Gasteiger partial charge on any atom is -0.489 e. The molecule has 0 aliphatic carbocycles. The van der Waals surface area contributed by atoms with Crippen molar-refractivity contribution in [3.8, 4) is 5.75 Å². The van der Waals surface area contributed by atoms with E-state index in [1.165, 1.54) is 0 Å². The van der Waals surface area contributed by atoms with E-state index in [2.05, 4.69) is 0 Å². The molecule has 0 aromatic heterocycles. The molecule has 1 amide bonds. The van der Waals surface area contributed by atoms with Crippen molar-refractivity contribution in [2.45, 2.75) is 12.7 Å². The number of halogens is 1. The van der Waals surface area contributed by atoms with Gasteiger partial charge in [-0.2, -0.15) is 0 Å². The average Bonchev–Trinajstić information content (AvgIpc) is 2.93. The second-order valence-corrected chi connectivity index (χ2v) is 6.73. The topological polar surface area (TPSA) is 42.0 Å². The van der Waals surface area contributed by atoms with Gasteiger partial charge in [0.2, 0.25) is 0 Å². The fraction of sp³-hybridized carbons (Fsp3) is 0.316. The molecule has 1 saturated heterocycles. The first-order chi connectivity index (χ1) is 12.0. The number of likely N-dealkylation sites (N-methyl/N-ethyl adjacent to an activating group) is 1. The number of nitrogens with zero attached hydrogens (tertiary/aromatic N) is 2. The van der Waals surface area contributed by atoms with E-state index >= 15 is 0 Å². The number of hydrogen-bond acceptors (Lipinski definition) is 4. The fourth-order valence-corrected chi connectivity index (χ4v) is 2.96. The summed E-state index contributed by atoms with van der Waals surface area (Å²) in [6.45, 7) is 1.71. The van der Waals surface area contributed by atoms with Gasteiger partial charge in [-0.25, -0.2) is 4.79 Å². The van der Waals surface area contributed by atoms with Crippen LogP contribution in [-0.4, -0.2) is 44.3 Å². The number of carbonyl (C=O) groups excluding carboxylic acids is 1. The van der Waals surface area contributed by atoms with E-state index in [1.54, 1.807) is 4.90 Å². The van der Waals surface area contributed by atoms with Crippen molar-refractivity contribution in [1.82, 2.24) is 4.90 Å². The van der Waals surface area contributed by atoms with Crippen molar-refractivity contribution in [2.24, 2.45) is 0 Å². The zero-order chi connectivity index (χ0) is 17.8. The van der Waals surface area contributed by atoms with Crippen LogP contribution < -0.4 is 9.64 Å². The van der Waals surface area contributed by atoms with E-state index in [-0.39, 0.29) is 12.2 Å². The highest BCUT2D eigenvalue weighted by Gasteiger charge is 2.32. The van der Waals surface area contributed by atoms with Crippen molar-refractivity contribution >= 4 is 23.4 Å². The smallest absolute Gasteiger partial charge is 0.414 e. The van der Waals surface area contributed by atoms with Gasteiger partial charge in [-0.05, 0) is 56.1 Å². The van der Waals surface area contributed by atoms with Gasteiger partial charge in [0.25, 0.3) is 0 Å². The number of carbonyl (C=O) groups is 1. The summed E-state index contributed by atoms with van der Waals surface area (Å²) < 4.78 is 11.2. The largest absolute Gasteiger partial charge is 0.489 e. The Hall–Kier alpha value is -2.24. The van der Waals surface area contributed by atoms with Crippen LogP contribution in [0.15, 0.2) is 48.5 Å². The molecular weight excluding hydrogens is 340 g/mol. The lowest BCUT2D eigenvalue weighted by molar-refractivity contribution is 0.123. The Labute approximate surface area is 152 Å². The molecule has 0 radical (unpaired) electrons. The Bertz CT molecular complexity index is 734. The molecule has 3 rings (SSSR count). The second kappa shape index (κ2) is 7.76. The summed E-state index contributed by atoms with van der Waals surface area (Å²) in [7, 11) is 3.92. The predicted octanol–water partition coefficient (Wildman–Crippen LogP) is 3.81. The fourth-order valence-electron chi connectivity index (χ4n) is 2.75. The number of amides is 1. The molecule has 1 aliphatic heterocycles. The summed E-state index contributed by atoms with van der Waals surface area (Å²) in [5.74, 6) is 0.737. The molecule has 132 valence electrons. The molecule has 0 spiro atoms. The highest BCUT2D eigenvalue weighted by atomic mass is 35.5. The maximum atomic E-state index is 12.0. The van der Waals surface area contributed by atoms with Gasteiger partial charge in [0, 0.05) is 17.3 Å². The Morgan fingerprint density at radius 3 is 2.68 bits per heavy atom. The van der Waals surface area contributed by atoms with E-state index in [4.69, 9.17) is 21.1 Å². The van der Waals surface area contributed by atoms with Crippen LogP contribution in [0.2, 0.25) is 5.02 Å². The predicted molar refractivity (Wildman–Crippen MR) is 98.4 cm³/mol. The highest BCUT2D eigenvalue weighted by molar-refractivity contribution is 6.30. The lowest BCUT2D eigenvalue weighted by Crippen LogP contribution is -2.30. The van der Waals surface area contributed by atoms with Crippen LogP contribution in [0.1, 0.15) is 5.56 Å². The van der Waals surface area contributed by atoms with Crippen LogP contribution in [0.3, 0.4) is 0 Å². The number of cyclic esters (lactones) is 1. The Morgan fingerprint density at radius 2 is 2.00 bits per heavy atom. The van der Waals surface area contributed by atoms with Gasteiger partial charge in [-0.1, -0.05) is 23.7 Å². The first kappa shape index (κ1) is 17.6. The van der Waals surface area contributed by atoms with Gasteiger partial charge in [0.1, 0.15) is 18.5 Å². The average molecular weight is 361 g/mol. The molecule has 0 saturated carbocycles. The summed E-state index contributed by atoms with van der Waals surface area (Å²) in [5.41, 5.74) is 1.81. The Morgan fingerprint density at radius 1 is 1.24 bits per heavy atom. The SMILES string of the molecule is CN(C)CC1CN(c2ccc(OCc3cccc(Cl)c3)cc2)C(=O)O1. The minimum atomic E-state index is -0.306. The normalized spacial score (nSPS) is 17.0. The first-order valence-electron chi connectivity index (χ1n) is 8.11. The Kier molecular flexibility index (Phi) is 5.46. The number of anilines is 1. The minimum absolute atomic E-state index is 0.110. The van der Waals surface area contributed by atoms with E-state index in [0.717, 1.165) is 17.0 Å². The van der Waals surface area contributed by atoms with Crippen LogP contribution >= 0.6 is 11.6 Å². The summed E-state index contributed by atoms with van der Waals surface area (Å²) >= 11 is 5.97. The molecule has 1 fully saturated rings. The number of hydrogen-bond donors (Lipinski definition) is 0. The number of ether oxygens (including phenoxy) is 2. The third kappa shape index (κ3) is 4.65. The van der Waals surface area contributed by atoms with Gasteiger partial charge in [0.05, 0.1) is 6.54 Å². The number of rotatable bonds is 6. The third-order valence-electron chi connectivity index (χ3n) is 3.89. The zero-order valence-electron chi connectivity index (χ0n) is 14.3. The summed E-state index contributed by atoms with van der Waals surface area (Å²) in [5, 5.41) is 0.691. The molecule has 25 heavy (non-hydrogen) atoms. The molecule has 0 N–H and O–H groups in total. The summed E-state index contributed by atoms with van der Waals surface area (Å²) in [6.07, 6.45) is -0.416. The van der Waals surface area contributed by atoms with Crippen molar-refractivity contribution in [3.63, 3.8) is 0 Å². The third-order valence-corrected chi connectivity index (χ3v) is 4.12. The lowest BCUT2D eigenvalue weighted by Gasteiger charge is -2.15. The molecule has 0 bridgehead atoms. The molecule has 5 nitrogen and oxygen atoms in total. The van der Waals surface area contributed by atoms with Crippen LogP contribution in [-0.2, 0) is 11.3 Å². The van der Waals surface area contributed by atoms with E-state index in [0.29, 0.717) is 24.7 Å². The second-order valence-electron chi connectivity index (χ2n) is 6.29. The van der Waals surface area contributed by atoms with E-state index in [9.17, 15) is 4.79 Å². The standard InChI is InChI=1S/C19H21ClN2O3/c1-21(2)11-18-12-22(19(23)25-18)16-6-8-17(9-7-16)24-13-14-4-3-5-15(20)10-14/h3-10,18H,11-13H2,1-2H3. The molecule has 2 aromatic rings. The molecule has 6 heteroatoms. The molecule has 1 heterocycles. The number of benzene rings is 2. The Balaban J connectivity index is 1.59. The van der Waals surface area contributed by atoms with Gasteiger partial charge < -0.3 is 14.4 Å². The van der Waals surface area contributed by atoms with Crippen molar-refractivity contribution in [3.05, 3.63) is 59.1 Å². The summed E-state index contributed by atoms with van der Waals surface area (Å²) in [4.78, 5) is 15.7. The quantitative estimate of drug-likeness (QED) is 0.785. The summed E-state index contributed by atoms with van der Waals surface area (Å²) in [6, 6.07) is 15.0. The molecule has 1 atom stereocenters. The van der Waals surface area contributed by atoms with Crippen LogP contribution in [0, 0.1) is 0 Å². The van der Waals surface area contributed by atoms with E-state index < -0.39 is 0 Å². The molecule has 2 aromatic carbocycles. The van der Waals surface area contributed by atoms with Gasteiger partial charge in [0.15, 0.2) is 0 Å². The van der Waals surface area contributed by atoms with Crippen LogP contribution in [0.25, 0.3) is 0 Å². The highest BCUT2D eigenvalue weighted by Crippen LogP contribution is 2.25. The first-order valence-corrected chi connectivity index (χ1v) is 8.49. The van der Waals surface area contributed by atoms with Gasteiger partial charge in [-0.15, -0.1) is 0 Å². The molecule has 1 aliphatic rings. The van der Waals surface area contributed by atoms with Crippen molar-refractivity contribution < 1.29 is 14.3 Å². The van der Waals surface area contributed by atoms with Crippen LogP contribution in [0.4, 0.5) is 10.5 Å². The zero-order valence-corrected chi connectivity index (χ0v) is 15.1. The molecular formula is C19H21ClN2O3. The van der Waals surface area contributed by atoms with Crippen molar-refractivity contribution in [1.29, 1.82) is 0 Å². The van der Waals surface area contributed by atoms with E-state index in [1.807, 2.05) is 67.5 Å². The van der Waals surface area contributed by atoms with Crippen LogP contribution in [0.5, 0.6) is 5.75 Å². The maximum absolute atomic E-state index is 12.0. The van der Waals surface area contributed by atoms with Crippen molar-refractivity contribution in [2.75, 3.05) is 32.1 Å². The lowest BCUT2D eigenvalue weighted by atomic mass is 10.2. The van der Waals surface area contributed by atoms with Gasteiger partial charge in [-0.3, -0.25) is 4.90 Å². The maximum Gasteiger partial charge on any atom is 0.414 e. The van der Waals surface area contributed by atoms with Gasteiger partial charge >= 0.3 is 6.09 Å². The molecule has 1 unspecified atom stereocenters.